The fraction of sp³-hybridized carbons (Fsp3) is 0.143. The van der Waals surface area contributed by atoms with E-state index in [4.69, 9.17) is 11.6 Å². The first-order chi connectivity index (χ1) is 10.4. The lowest BCUT2D eigenvalue weighted by molar-refractivity contribution is -0.385. The number of hydrogen-bond acceptors (Lipinski definition) is 5. The third-order valence-electron chi connectivity index (χ3n) is 2.92. The summed E-state index contributed by atoms with van der Waals surface area (Å²) in [6.45, 7) is 1.81. The minimum Gasteiger partial charge on any atom is -0.478 e. The van der Waals surface area contributed by atoms with Crippen LogP contribution in [0.4, 0.5) is 5.69 Å². The summed E-state index contributed by atoms with van der Waals surface area (Å²) in [5.74, 6) is -1.05. The van der Waals surface area contributed by atoms with E-state index < -0.39 is 10.9 Å². The molecule has 0 fully saturated rings. The number of pyridine rings is 1. The van der Waals surface area contributed by atoms with Gasteiger partial charge in [-0.25, -0.2) is 9.78 Å². The number of nitro groups is 1. The van der Waals surface area contributed by atoms with Crippen molar-refractivity contribution in [3.63, 3.8) is 0 Å². The maximum Gasteiger partial charge on any atom is 0.336 e. The lowest BCUT2D eigenvalue weighted by Gasteiger charge is -2.15. The first-order valence-electron chi connectivity index (χ1n) is 6.19. The Hall–Kier alpha value is -2.12. The van der Waals surface area contributed by atoms with Crippen LogP contribution in [0.15, 0.2) is 41.6 Å². The molecule has 2 rings (SSSR count). The van der Waals surface area contributed by atoms with Crippen LogP contribution in [0, 0.1) is 10.1 Å². The quantitative estimate of drug-likeness (QED) is 0.499. The molecule has 1 unspecified atom stereocenters. The number of carbonyl (C=O) groups is 1. The van der Waals surface area contributed by atoms with Crippen molar-refractivity contribution in [2.45, 2.75) is 17.2 Å². The van der Waals surface area contributed by atoms with Gasteiger partial charge in [0, 0.05) is 16.3 Å². The lowest BCUT2D eigenvalue weighted by Crippen LogP contribution is -2.04. The van der Waals surface area contributed by atoms with Crippen molar-refractivity contribution >= 4 is 35.0 Å². The van der Waals surface area contributed by atoms with Gasteiger partial charge in [0.1, 0.15) is 6.20 Å². The SMILES string of the molecule is CC(Sc1ccc([N+](=O)[O-])cn1)c1c(Cl)cccc1C(=O)O. The van der Waals surface area contributed by atoms with Crippen LogP contribution >= 0.6 is 23.4 Å². The van der Waals surface area contributed by atoms with Crippen LogP contribution in [0.1, 0.15) is 28.1 Å². The van der Waals surface area contributed by atoms with Crippen molar-refractivity contribution in [2.75, 3.05) is 0 Å². The van der Waals surface area contributed by atoms with E-state index in [1.54, 1.807) is 19.1 Å². The van der Waals surface area contributed by atoms with Crippen molar-refractivity contribution in [3.05, 3.63) is 62.8 Å². The molecule has 1 aromatic carbocycles. The Kier molecular flexibility index (Phi) is 4.99. The van der Waals surface area contributed by atoms with Gasteiger partial charge in [-0.05, 0) is 30.7 Å². The van der Waals surface area contributed by atoms with Crippen LogP contribution in [0.2, 0.25) is 5.02 Å². The highest BCUT2D eigenvalue weighted by Gasteiger charge is 2.20. The zero-order valence-electron chi connectivity index (χ0n) is 11.4. The summed E-state index contributed by atoms with van der Waals surface area (Å²) < 4.78 is 0. The number of rotatable bonds is 5. The second-order valence-corrected chi connectivity index (χ2v) is 6.15. The summed E-state index contributed by atoms with van der Waals surface area (Å²) in [7, 11) is 0. The average Bonchev–Trinajstić information content (AvgIpc) is 2.47. The topological polar surface area (TPSA) is 93.3 Å². The van der Waals surface area contributed by atoms with Crippen molar-refractivity contribution in [2.24, 2.45) is 0 Å². The zero-order chi connectivity index (χ0) is 16.3. The number of thioether (sulfide) groups is 1. The van der Waals surface area contributed by atoms with Crippen LogP contribution < -0.4 is 0 Å². The lowest BCUT2D eigenvalue weighted by atomic mass is 10.1. The number of halogens is 1. The van der Waals surface area contributed by atoms with Gasteiger partial charge in [0.15, 0.2) is 0 Å². The van der Waals surface area contributed by atoms with E-state index in [1.807, 2.05) is 0 Å². The molecule has 0 saturated carbocycles. The maximum atomic E-state index is 11.3. The number of hydrogen-bond donors (Lipinski definition) is 1. The number of nitrogens with zero attached hydrogens (tertiary/aromatic N) is 2. The molecule has 0 amide bonds. The molecular formula is C14H11ClN2O4S. The Morgan fingerprint density at radius 2 is 2.14 bits per heavy atom. The fourth-order valence-electron chi connectivity index (χ4n) is 1.93. The molecule has 8 heteroatoms. The fourth-order valence-corrected chi connectivity index (χ4v) is 3.32. The van der Waals surface area contributed by atoms with Crippen LogP contribution in [0.3, 0.4) is 0 Å². The Morgan fingerprint density at radius 1 is 1.41 bits per heavy atom. The molecule has 0 aliphatic carbocycles. The average molecular weight is 339 g/mol. The van der Waals surface area contributed by atoms with Gasteiger partial charge in [0.25, 0.3) is 5.69 Å². The Morgan fingerprint density at radius 3 is 2.68 bits per heavy atom. The monoisotopic (exact) mass is 338 g/mol. The van der Waals surface area contributed by atoms with Gasteiger partial charge in [-0.2, -0.15) is 0 Å². The molecule has 0 saturated heterocycles. The largest absolute Gasteiger partial charge is 0.478 e. The van der Waals surface area contributed by atoms with Gasteiger partial charge >= 0.3 is 5.97 Å². The standard InChI is InChI=1S/C14H11ClN2O4S/c1-8(13-10(14(18)19)3-2-4-11(13)15)22-12-6-5-9(7-16-12)17(20)21/h2-8H,1H3,(H,18,19). The van der Waals surface area contributed by atoms with E-state index in [-0.39, 0.29) is 16.5 Å². The van der Waals surface area contributed by atoms with Crippen LogP contribution in [0.25, 0.3) is 0 Å². The number of aromatic nitrogens is 1. The normalized spacial score (nSPS) is 11.9. The van der Waals surface area contributed by atoms with E-state index in [9.17, 15) is 20.0 Å². The van der Waals surface area contributed by atoms with Crippen LogP contribution in [-0.2, 0) is 0 Å². The predicted octanol–water partition coefficient (Wildman–Crippen LogP) is 4.19. The third-order valence-corrected chi connectivity index (χ3v) is 4.32. The van der Waals surface area contributed by atoms with Crippen LogP contribution in [-0.4, -0.2) is 21.0 Å². The zero-order valence-corrected chi connectivity index (χ0v) is 13.0. The van der Waals surface area contributed by atoms with Gasteiger partial charge in [-0.15, -0.1) is 0 Å². The summed E-state index contributed by atoms with van der Waals surface area (Å²) >= 11 is 7.40. The summed E-state index contributed by atoms with van der Waals surface area (Å²) in [4.78, 5) is 25.4. The van der Waals surface area contributed by atoms with E-state index in [2.05, 4.69) is 4.98 Å². The number of aromatic carboxylic acids is 1. The molecule has 1 N–H and O–H groups in total. The molecule has 0 aliphatic heterocycles. The highest BCUT2D eigenvalue weighted by molar-refractivity contribution is 7.99. The highest BCUT2D eigenvalue weighted by Crippen LogP contribution is 2.39. The van der Waals surface area contributed by atoms with E-state index in [1.165, 1.54) is 36.2 Å². The van der Waals surface area contributed by atoms with Crippen molar-refractivity contribution in [1.82, 2.24) is 4.98 Å². The van der Waals surface area contributed by atoms with E-state index in [0.717, 1.165) is 0 Å². The Bertz CT molecular complexity index is 721. The third kappa shape index (κ3) is 3.55. The van der Waals surface area contributed by atoms with Crippen molar-refractivity contribution in [1.29, 1.82) is 0 Å². The minimum absolute atomic E-state index is 0.0963. The van der Waals surface area contributed by atoms with Gasteiger partial charge in [-0.3, -0.25) is 10.1 Å². The molecule has 22 heavy (non-hydrogen) atoms. The number of carboxylic acid groups (broad SMARTS) is 1. The maximum absolute atomic E-state index is 11.3. The Balaban J connectivity index is 2.27. The summed E-state index contributed by atoms with van der Waals surface area (Å²) in [6.07, 6.45) is 1.17. The smallest absolute Gasteiger partial charge is 0.336 e. The van der Waals surface area contributed by atoms with Gasteiger partial charge < -0.3 is 5.11 Å². The summed E-state index contributed by atoms with van der Waals surface area (Å²) in [5, 5.41) is 20.5. The van der Waals surface area contributed by atoms with E-state index in [0.29, 0.717) is 15.6 Å². The van der Waals surface area contributed by atoms with Crippen molar-refractivity contribution < 1.29 is 14.8 Å². The molecule has 0 radical (unpaired) electrons. The number of benzene rings is 1. The molecule has 6 nitrogen and oxygen atoms in total. The molecular weight excluding hydrogens is 328 g/mol. The van der Waals surface area contributed by atoms with E-state index >= 15 is 0 Å². The predicted molar refractivity (Wildman–Crippen MR) is 83.6 cm³/mol. The molecule has 114 valence electrons. The molecule has 0 bridgehead atoms. The summed E-state index contributed by atoms with van der Waals surface area (Å²) in [5.41, 5.74) is 0.539. The first-order valence-corrected chi connectivity index (χ1v) is 7.44. The van der Waals surface area contributed by atoms with Gasteiger partial charge in [-0.1, -0.05) is 29.4 Å². The van der Waals surface area contributed by atoms with Crippen molar-refractivity contribution in [3.8, 4) is 0 Å². The molecule has 2 aromatic rings. The second-order valence-electron chi connectivity index (χ2n) is 4.38. The molecule has 0 aliphatic rings. The molecule has 1 atom stereocenters. The molecule has 0 spiro atoms. The highest BCUT2D eigenvalue weighted by atomic mass is 35.5. The summed E-state index contributed by atoms with van der Waals surface area (Å²) in [6, 6.07) is 7.58. The molecule has 1 aromatic heterocycles. The van der Waals surface area contributed by atoms with Crippen LogP contribution in [0.5, 0.6) is 0 Å². The molecule has 1 heterocycles. The second kappa shape index (κ2) is 6.76. The minimum atomic E-state index is -1.05. The number of carboxylic acids is 1. The van der Waals surface area contributed by atoms with Gasteiger partial charge in [0.2, 0.25) is 0 Å². The van der Waals surface area contributed by atoms with Gasteiger partial charge in [0.05, 0.1) is 15.5 Å². The Labute approximate surface area is 135 Å². The first kappa shape index (κ1) is 16.3.